The number of carbonyl (C=O) groups excluding carboxylic acids is 3. The Balaban J connectivity index is 1.48. The maximum atomic E-state index is 12.5. The average Bonchev–Trinajstić information content (AvgIpc) is 2.80. The van der Waals surface area contributed by atoms with Crippen molar-refractivity contribution in [1.82, 2.24) is 5.32 Å². The predicted molar refractivity (Wildman–Crippen MR) is 123 cm³/mol. The lowest BCUT2D eigenvalue weighted by Crippen LogP contribution is -2.36. The second kappa shape index (κ2) is 11.2. The first kappa shape index (κ1) is 22.3. The van der Waals surface area contributed by atoms with Crippen molar-refractivity contribution in [2.75, 3.05) is 22.5 Å². The van der Waals surface area contributed by atoms with Crippen LogP contribution in [-0.4, -0.2) is 30.3 Å². The van der Waals surface area contributed by atoms with Crippen LogP contribution in [0.1, 0.15) is 55.8 Å². The zero-order valence-electron chi connectivity index (χ0n) is 17.9. The van der Waals surface area contributed by atoms with Gasteiger partial charge in [0, 0.05) is 35.1 Å². The van der Waals surface area contributed by atoms with Crippen LogP contribution in [0.15, 0.2) is 48.5 Å². The fourth-order valence-electron chi connectivity index (χ4n) is 3.56. The topological polar surface area (TPSA) is 99.3 Å². The van der Waals surface area contributed by atoms with E-state index in [-0.39, 0.29) is 30.3 Å². The molecule has 2 aromatic rings. The minimum atomic E-state index is -0.206. The first-order chi connectivity index (χ1) is 15.0. The summed E-state index contributed by atoms with van der Waals surface area (Å²) in [4.78, 5) is 36.2. The van der Waals surface area contributed by atoms with E-state index in [1.807, 2.05) is 6.07 Å². The van der Waals surface area contributed by atoms with Crippen LogP contribution in [0.3, 0.4) is 0 Å². The Morgan fingerprint density at radius 3 is 2.13 bits per heavy atom. The standard InChI is InChI=1S/C24H30N4O3/c1-2-22(29)26-19-11-13-20(14-12-19)27-23(30)16-25-21-10-6-7-17(15-21)24(31)28-18-8-4-3-5-9-18/h6-7,10-15,18,25H,2-5,8-9,16H2,1H3,(H,26,29)(H,27,30)(H,28,31). The molecule has 7 heteroatoms. The third kappa shape index (κ3) is 7.13. The molecule has 0 heterocycles. The summed E-state index contributed by atoms with van der Waals surface area (Å²) in [6.07, 6.45) is 6.06. The fourth-order valence-corrected chi connectivity index (χ4v) is 3.56. The highest BCUT2D eigenvalue weighted by Crippen LogP contribution is 2.19. The molecule has 0 bridgehead atoms. The number of amides is 3. The summed E-state index contributed by atoms with van der Waals surface area (Å²) >= 11 is 0. The van der Waals surface area contributed by atoms with Crippen molar-refractivity contribution in [3.05, 3.63) is 54.1 Å². The number of hydrogen-bond donors (Lipinski definition) is 4. The molecule has 1 aliphatic rings. The lowest BCUT2D eigenvalue weighted by atomic mass is 9.95. The number of hydrogen-bond acceptors (Lipinski definition) is 4. The van der Waals surface area contributed by atoms with Crippen molar-refractivity contribution in [1.29, 1.82) is 0 Å². The van der Waals surface area contributed by atoms with Crippen molar-refractivity contribution >= 4 is 34.8 Å². The minimum absolute atomic E-state index is 0.0596. The van der Waals surface area contributed by atoms with E-state index in [1.165, 1.54) is 6.42 Å². The van der Waals surface area contributed by atoms with E-state index < -0.39 is 0 Å². The highest BCUT2D eigenvalue weighted by molar-refractivity contribution is 5.96. The molecule has 0 spiro atoms. The largest absolute Gasteiger partial charge is 0.376 e. The second-order valence-corrected chi connectivity index (χ2v) is 7.77. The Morgan fingerprint density at radius 1 is 0.839 bits per heavy atom. The Bertz CT molecular complexity index is 905. The summed E-state index contributed by atoms with van der Waals surface area (Å²) in [7, 11) is 0. The molecule has 0 aromatic heterocycles. The second-order valence-electron chi connectivity index (χ2n) is 7.77. The number of rotatable bonds is 8. The number of nitrogens with one attached hydrogen (secondary N) is 4. The van der Waals surface area contributed by atoms with Crippen LogP contribution in [0.5, 0.6) is 0 Å². The third-order valence-corrected chi connectivity index (χ3v) is 5.29. The highest BCUT2D eigenvalue weighted by atomic mass is 16.2. The van der Waals surface area contributed by atoms with Crippen LogP contribution < -0.4 is 21.3 Å². The quantitative estimate of drug-likeness (QED) is 0.514. The maximum Gasteiger partial charge on any atom is 0.251 e. The van der Waals surface area contributed by atoms with Crippen LogP contribution in [-0.2, 0) is 9.59 Å². The average molecular weight is 423 g/mol. The van der Waals surface area contributed by atoms with Crippen LogP contribution >= 0.6 is 0 Å². The summed E-state index contributed by atoms with van der Waals surface area (Å²) in [5.41, 5.74) is 2.62. The van der Waals surface area contributed by atoms with Gasteiger partial charge in [-0.25, -0.2) is 0 Å². The van der Waals surface area contributed by atoms with Gasteiger partial charge in [-0.05, 0) is 55.3 Å². The first-order valence-corrected chi connectivity index (χ1v) is 10.9. The molecule has 4 N–H and O–H groups in total. The number of anilines is 3. The van der Waals surface area contributed by atoms with Crippen LogP contribution in [0.25, 0.3) is 0 Å². The molecule has 164 valence electrons. The molecule has 1 fully saturated rings. The SMILES string of the molecule is CCC(=O)Nc1ccc(NC(=O)CNc2cccc(C(=O)NC3CCCCC3)c2)cc1. The monoisotopic (exact) mass is 422 g/mol. The van der Waals surface area contributed by atoms with Crippen molar-refractivity contribution < 1.29 is 14.4 Å². The van der Waals surface area contributed by atoms with Crippen molar-refractivity contribution in [3.8, 4) is 0 Å². The van der Waals surface area contributed by atoms with Gasteiger partial charge in [0.05, 0.1) is 6.54 Å². The summed E-state index contributed by atoms with van der Waals surface area (Å²) in [5, 5.41) is 11.7. The molecular formula is C24H30N4O3. The van der Waals surface area contributed by atoms with E-state index in [4.69, 9.17) is 0 Å². The van der Waals surface area contributed by atoms with Crippen LogP contribution in [0, 0.1) is 0 Å². The fraction of sp³-hybridized carbons (Fsp3) is 0.375. The third-order valence-electron chi connectivity index (χ3n) is 5.29. The van der Waals surface area contributed by atoms with E-state index in [0.717, 1.165) is 25.7 Å². The lowest BCUT2D eigenvalue weighted by Gasteiger charge is -2.22. The highest BCUT2D eigenvalue weighted by Gasteiger charge is 2.16. The molecule has 0 aliphatic heterocycles. The van der Waals surface area contributed by atoms with Gasteiger partial charge in [0.15, 0.2) is 0 Å². The molecule has 3 rings (SSSR count). The summed E-state index contributed by atoms with van der Waals surface area (Å²) in [6.45, 7) is 1.86. The van der Waals surface area contributed by atoms with E-state index >= 15 is 0 Å². The molecule has 0 saturated heterocycles. The van der Waals surface area contributed by atoms with Crippen molar-refractivity contribution in [3.63, 3.8) is 0 Å². The Kier molecular flexibility index (Phi) is 8.04. The zero-order valence-corrected chi connectivity index (χ0v) is 17.9. The lowest BCUT2D eigenvalue weighted by molar-refractivity contribution is -0.116. The van der Waals surface area contributed by atoms with Gasteiger partial charge in [0.2, 0.25) is 11.8 Å². The van der Waals surface area contributed by atoms with Gasteiger partial charge < -0.3 is 21.3 Å². The van der Waals surface area contributed by atoms with Crippen molar-refractivity contribution in [2.45, 2.75) is 51.5 Å². The van der Waals surface area contributed by atoms with Gasteiger partial charge in [-0.15, -0.1) is 0 Å². The smallest absolute Gasteiger partial charge is 0.251 e. The molecule has 0 atom stereocenters. The van der Waals surface area contributed by atoms with Gasteiger partial charge in [0.25, 0.3) is 5.91 Å². The van der Waals surface area contributed by atoms with Gasteiger partial charge in [0.1, 0.15) is 0 Å². The Hall–Kier alpha value is -3.35. The van der Waals surface area contributed by atoms with Gasteiger partial charge in [-0.1, -0.05) is 32.3 Å². The van der Waals surface area contributed by atoms with Gasteiger partial charge in [-0.3, -0.25) is 14.4 Å². The molecule has 31 heavy (non-hydrogen) atoms. The zero-order chi connectivity index (χ0) is 22.1. The molecule has 0 radical (unpaired) electrons. The summed E-state index contributed by atoms with van der Waals surface area (Å²) in [5.74, 6) is -0.340. The van der Waals surface area contributed by atoms with Gasteiger partial charge in [-0.2, -0.15) is 0 Å². The molecule has 0 unspecified atom stereocenters. The van der Waals surface area contributed by atoms with E-state index in [9.17, 15) is 14.4 Å². The molecular weight excluding hydrogens is 392 g/mol. The van der Waals surface area contributed by atoms with E-state index in [0.29, 0.717) is 29.0 Å². The van der Waals surface area contributed by atoms with E-state index in [2.05, 4.69) is 21.3 Å². The number of benzene rings is 2. The minimum Gasteiger partial charge on any atom is -0.376 e. The molecule has 1 aliphatic carbocycles. The van der Waals surface area contributed by atoms with Crippen LogP contribution in [0.2, 0.25) is 0 Å². The van der Waals surface area contributed by atoms with Crippen LogP contribution in [0.4, 0.5) is 17.1 Å². The van der Waals surface area contributed by atoms with Gasteiger partial charge >= 0.3 is 0 Å². The Morgan fingerprint density at radius 2 is 1.48 bits per heavy atom. The molecule has 1 saturated carbocycles. The molecule has 2 aromatic carbocycles. The maximum absolute atomic E-state index is 12.5. The van der Waals surface area contributed by atoms with Crippen molar-refractivity contribution in [2.24, 2.45) is 0 Å². The predicted octanol–water partition coefficient (Wildman–Crippen LogP) is 4.15. The summed E-state index contributed by atoms with van der Waals surface area (Å²) < 4.78 is 0. The molecule has 7 nitrogen and oxygen atoms in total. The normalized spacial score (nSPS) is 13.8. The Labute approximate surface area is 183 Å². The summed E-state index contributed by atoms with van der Waals surface area (Å²) in [6, 6.07) is 14.4. The van der Waals surface area contributed by atoms with E-state index in [1.54, 1.807) is 49.4 Å². The first-order valence-electron chi connectivity index (χ1n) is 10.9. The number of carbonyl (C=O) groups is 3. The molecule has 3 amide bonds.